The number of amides is 3. The van der Waals surface area contributed by atoms with Gasteiger partial charge in [-0.3, -0.25) is 4.79 Å². The minimum atomic E-state index is -0.301. The summed E-state index contributed by atoms with van der Waals surface area (Å²) in [4.78, 5) is 23.3. The molecule has 0 saturated carbocycles. The monoisotopic (exact) mass is 311 g/mol. The summed E-state index contributed by atoms with van der Waals surface area (Å²) in [7, 11) is 0. The van der Waals surface area contributed by atoms with Crippen LogP contribution in [-0.4, -0.2) is 11.9 Å². The number of hydrogen-bond donors (Lipinski definition) is 3. The van der Waals surface area contributed by atoms with Gasteiger partial charge in [0.15, 0.2) is 0 Å². The fraction of sp³-hybridized carbons (Fsp3) is 0.222. The zero-order chi connectivity index (χ0) is 16.7. The summed E-state index contributed by atoms with van der Waals surface area (Å²) >= 11 is 0. The molecule has 2 aromatic carbocycles. The number of aryl methyl sites for hydroxylation is 1. The Morgan fingerprint density at radius 2 is 1.61 bits per heavy atom. The van der Waals surface area contributed by atoms with Crippen molar-refractivity contribution in [2.75, 3.05) is 10.6 Å². The highest BCUT2D eigenvalue weighted by Crippen LogP contribution is 2.13. The van der Waals surface area contributed by atoms with Gasteiger partial charge in [0.1, 0.15) is 0 Å². The van der Waals surface area contributed by atoms with Crippen LogP contribution in [-0.2, 0) is 11.3 Å². The lowest BCUT2D eigenvalue weighted by Crippen LogP contribution is -2.22. The van der Waals surface area contributed by atoms with Crippen molar-refractivity contribution >= 4 is 23.3 Å². The van der Waals surface area contributed by atoms with Crippen LogP contribution in [0.15, 0.2) is 48.5 Å². The molecule has 0 fully saturated rings. The van der Waals surface area contributed by atoms with Gasteiger partial charge in [-0.2, -0.15) is 0 Å². The van der Waals surface area contributed by atoms with Gasteiger partial charge in [-0.25, -0.2) is 4.79 Å². The first-order valence-electron chi connectivity index (χ1n) is 7.57. The highest BCUT2D eigenvalue weighted by atomic mass is 16.2. The molecule has 0 heterocycles. The summed E-state index contributed by atoms with van der Waals surface area (Å²) < 4.78 is 0. The standard InChI is InChI=1S/C18H21N3O2/c1-3-17(22)19-12-14-7-5-9-16(11-14)21-18(23)20-15-8-4-6-13(2)10-15/h4-11H,3,12H2,1-2H3,(H,19,22)(H2,20,21,23). The van der Waals surface area contributed by atoms with Crippen LogP contribution < -0.4 is 16.0 Å². The van der Waals surface area contributed by atoms with E-state index in [1.54, 1.807) is 6.07 Å². The van der Waals surface area contributed by atoms with Gasteiger partial charge >= 0.3 is 6.03 Å². The molecule has 3 N–H and O–H groups in total. The molecule has 0 aliphatic rings. The summed E-state index contributed by atoms with van der Waals surface area (Å²) in [6, 6.07) is 14.7. The topological polar surface area (TPSA) is 70.2 Å². The second kappa shape index (κ2) is 7.98. The van der Waals surface area contributed by atoms with E-state index < -0.39 is 0 Å². The van der Waals surface area contributed by atoms with E-state index in [0.717, 1.165) is 16.8 Å². The fourth-order valence-corrected chi connectivity index (χ4v) is 2.10. The van der Waals surface area contributed by atoms with E-state index in [4.69, 9.17) is 0 Å². The maximum absolute atomic E-state index is 12.0. The van der Waals surface area contributed by atoms with Crippen LogP contribution in [0.25, 0.3) is 0 Å². The Bertz CT molecular complexity index is 698. The number of rotatable bonds is 5. The zero-order valence-corrected chi connectivity index (χ0v) is 13.3. The van der Waals surface area contributed by atoms with Crippen LogP contribution in [0, 0.1) is 6.92 Å². The highest BCUT2D eigenvalue weighted by Gasteiger charge is 2.04. The number of hydrogen-bond acceptors (Lipinski definition) is 2. The molecule has 0 aliphatic heterocycles. The Kier molecular flexibility index (Phi) is 5.74. The van der Waals surface area contributed by atoms with Crippen molar-refractivity contribution in [3.63, 3.8) is 0 Å². The Hall–Kier alpha value is -2.82. The summed E-state index contributed by atoms with van der Waals surface area (Å²) in [5.41, 5.74) is 3.43. The number of carbonyl (C=O) groups excluding carboxylic acids is 2. The Morgan fingerprint density at radius 1 is 0.957 bits per heavy atom. The molecule has 0 atom stereocenters. The third kappa shape index (κ3) is 5.47. The first kappa shape index (κ1) is 16.5. The molecule has 3 amide bonds. The van der Waals surface area contributed by atoms with Gasteiger partial charge in [-0.15, -0.1) is 0 Å². The lowest BCUT2D eigenvalue weighted by Gasteiger charge is -2.10. The fourth-order valence-electron chi connectivity index (χ4n) is 2.10. The molecule has 2 rings (SSSR count). The highest BCUT2D eigenvalue weighted by molar-refractivity contribution is 5.99. The Balaban J connectivity index is 1.94. The molecule has 0 aliphatic carbocycles. The third-order valence-electron chi connectivity index (χ3n) is 3.27. The van der Waals surface area contributed by atoms with Gasteiger partial charge in [-0.1, -0.05) is 31.2 Å². The second-order valence-corrected chi connectivity index (χ2v) is 5.28. The molecule has 2 aromatic rings. The summed E-state index contributed by atoms with van der Waals surface area (Å²) in [5, 5.41) is 8.39. The molecule has 0 radical (unpaired) electrons. The molecule has 5 heteroatoms. The molecule has 0 unspecified atom stereocenters. The zero-order valence-electron chi connectivity index (χ0n) is 13.3. The molecule has 0 aromatic heterocycles. The molecule has 0 saturated heterocycles. The van der Waals surface area contributed by atoms with Gasteiger partial charge in [0, 0.05) is 24.3 Å². The summed E-state index contributed by atoms with van der Waals surface area (Å²) in [6.07, 6.45) is 0.455. The predicted octanol–water partition coefficient (Wildman–Crippen LogP) is 3.67. The van der Waals surface area contributed by atoms with E-state index in [2.05, 4.69) is 16.0 Å². The molecule has 120 valence electrons. The van der Waals surface area contributed by atoms with Crippen LogP contribution >= 0.6 is 0 Å². The predicted molar refractivity (Wildman–Crippen MR) is 92.4 cm³/mol. The average molecular weight is 311 g/mol. The van der Waals surface area contributed by atoms with Crippen LogP contribution in [0.3, 0.4) is 0 Å². The number of carbonyl (C=O) groups is 2. The Labute approximate surface area is 136 Å². The second-order valence-electron chi connectivity index (χ2n) is 5.28. The van der Waals surface area contributed by atoms with Crippen molar-refractivity contribution in [1.29, 1.82) is 0 Å². The van der Waals surface area contributed by atoms with E-state index in [1.165, 1.54) is 0 Å². The average Bonchev–Trinajstić information content (AvgIpc) is 2.52. The Morgan fingerprint density at radius 3 is 2.26 bits per heavy atom. The van der Waals surface area contributed by atoms with Gasteiger partial charge < -0.3 is 16.0 Å². The molecular formula is C18H21N3O2. The van der Waals surface area contributed by atoms with Crippen molar-refractivity contribution in [3.8, 4) is 0 Å². The van der Waals surface area contributed by atoms with Gasteiger partial charge in [0.25, 0.3) is 0 Å². The van der Waals surface area contributed by atoms with E-state index in [1.807, 2.05) is 56.3 Å². The van der Waals surface area contributed by atoms with E-state index in [0.29, 0.717) is 18.7 Å². The number of anilines is 2. The maximum Gasteiger partial charge on any atom is 0.323 e. The van der Waals surface area contributed by atoms with Gasteiger partial charge in [0.2, 0.25) is 5.91 Å². The molecule has 5 nitrogen and oxygen atoms in total. The van der Waals surface area contributed by atoms with Crippen LogP contribution in [0.2, 0.25) is 0 Å². The molecule has 0 spiro atoms. The van der Waals surface area contributed by atoms with Crippen molar-refractivity contribution in [2.24, 2.45) is 0 Å². The molecule has 23 heavy (non-hydrogen) atoms. The van der Waals surface area contributed by atoms with E-state index >= 15 is 0 Å². The van der Waals surface area contributed by atoms with E-state index in [9.17, 15) is 9.59 Å². The lowest BCUT2D eigenvalue weighted by molar-refractivity contribution is -0.120. The first-order chi connectivity index (χ1) is 11.1. The summed E-state index contributed by atoms with van der Waals surface area (Å²) in [5.74, 6) is 0.000512. The minimum absolute atomic E-state index is 0.000512. The van der Waals surface area contributed by atoms with Gasteiger partial charge in [-0.05, 0) is 42.3 Å². The molecule has 0 bridgehead atoms. The van der Waals surface area contributed by atoms with Crippen molar-refractivity contribution in [1.82, 2.24) is 5.32 Å². The minimum Gasteiger partial charge on any atom is -0.352 e. The molecular weight excluding hydrogens is 290 g/mol. The van der Waals surface area contributed by atoms with Crippen LogP contribution in [0.1, 0.15) is 24.5 Å². The quantitative estimate of drug-likeness (QED) is 0.788. The largest absolute Gasteiger partial charge is 0.352 e. The van der Waals surface area contributed by atoms with Crippen LogP contribution in [0.4, 0.5) is 16.2 Å². The van der Waals surface area contributed by atoms with Crippen molar-refractivity contribution in [3.05, 3.63) is 59.7 Å². The summed E-state index contributed by atoms with van der Waals surface area (Å²) in [6.45, 7) is 4.22. The number of nitrogens with one attached hydrogen (secondary N) is 3. The van der Waals surface area contributed by atoms with Crippen LogP contribution in [0.5, 0.6) is 0 Å². The van der Waals surface area contributed by atoms with Gasteiger partial charge in [0.05, 0.1) is 0 Å². The number of benzene rings is 2. The smallest absolute Gasteiger partial charge is 0.323 e. The lowest BCUT2D eigenvalue weighted by atomic mass is 10.2. The maximum atomic E-state index is 12.0. The van der Waals surface area contributed by atoms with Crippen molar-refractivity contribution < 1.29 is 9.59 Å². The normalized spacial score (nSPS) is 10.0. The first-order valence-corrected chi connectivity index (χ1v) is 7.57. The third-order valence-corrected chi connectivity index (χ3v) is 3.27. The van der Waals surface area contributed by atoms with Crippen molar-refractivity contribution in [2.45, 2.75) is 26.8 Å². The number of urea groups is 1. The van der Waals surface area contributed by atoms with E-state index in [-0.39, 0.29) is 11.9 Å². The SMILES string of the molecule is CCC(=O)NCc1cccc(NC(=O)Nc2cccc(C)c2)c1.